The van der Waals surface area contributed by atoms with Gasteiger partial charge in [-0.1, -0.05) is 18.5 Å². The molecule has 0 fully saturated rings. The molecule has 0 saturated carbocycles. The number of halogens is 2. The van der Waals surface area contributed by atoms with Gasteiger partial charge in [0.05, 0.1) is 6.10 Å². The van der Waals surface area contributed by atoms with Gasteiger partial charge in [0.1, 0.15) is 5.82 Å². The maximum absolute atomic E-state index is 13.0. The first-order chi connectivity index (χ1) is 5.65. The highest BCUT2D eigenvalue weighted by atomic mass is 35.5. The molecule has 66 valence electrons. The molecule has 0 aromatic heterocycles. The van der Waals surface area contributed by atoms with Crippen LogP contribution >= 0.6 is 11.6 Å². The molecule has 1 rings (SSSR count). The number of rotatable bonds is 2. The number of hydrogen-bond donors (Lipinski definition) is 1. The normalized spacial score (nSPS) is 13.0. The summed E-state index contributed by atoms with van der Waals surface area (Å²) < 4.78 is 13.0. The topological polar surface area (TPSA) is 20.2 Å². The Morgan fingerprint density at radius 3 is 2.83 bits per heavy atom. The maximum atomic E-state index is 13.0. The summed E-state index contributed by atoms with van der Waals surface area (Å²) in [6.07, 6.45) is -0.277. The lowest BCUT2D eigenvalue weighted by molar-refractivity contribution is 0.169. The van der Waals surface area contributed by atoms with E-state index >= 15 is 0 Å². The van der Waals surface area contributed by atoms with Crippen molar-refractivity contribution in [3.05, 3.63) is 34.6 Å². The summed E-state index contributed by atoms with van der Waals surface area (Å²) in [6.45, 7) is 1.78. The van der Waals surface area contributed by atoms with Gasteiger partial charge < -0.3 is 5.11 Å². The van der Waals surface area contributed by atoms with Crippen molar-refractivity contribution in [2.75, 3.05) is 0 Å². The fraction of sp³-hybridized carbons (Fsp3) is 0.333. The molecule has 0 aliphatic heterocycles. The summed E-state index contributed by atoms with van der Waals surface area (Å²) in [5.41, 5.74) is 0.269. The Morgan fingerprint density at radius 1 is 1.58 bits per heavy atom. The molecule has 0 amide bonds. The monoisotopic (exact) mass is 188 g/mol. The molecule has 0 heterocycles. The minimum Gasteiger partial charge on any atom is -0.388 e. The van der Waals surface area contributed by atoms with E-state index in [0.29, 0.717) is 11.4 Å². The highest BCUT2D eigenvalue weighted by molar-refractivity contribution is 6.30. The van der Waals surface area contributed by atoms with Gasteiger partial charge in [-0.15, -0.1) is 0 Å². The van der Waals surface area contributed by atoms with E-state index in [4.69, 9.17) is 11.6 Å². The minimum absolute atomic E-state index is 0.269. The lowest BCUT2D eigenvalue weighted by atomic mass is 10.1. The lowest BCUT2D eigenvalue weighted by Crippen LogP contribution is -1.98. The van der Waals surface area contributed by atoms with E-state index in [0.717, 1.165) is 0 Å². The lowest BCUT2D eigenvalue weighted by Gasteiger charge is -2.08. The fourth-order valence-electron chi connectivity index (χ4n) is 0.990. The van der Waals surface area contributed by atoms with Crippen molar-refractivity contribution >= 4 is 11.6 Å². The number of aliphatic hydroxyl groups is 1. The smallest absolute Gasteiger partial charge is 0.129 e. The van der Waals surface area contributed by atoms with Gasteiger partial charge in [0, 0.05) is 10.6 Å². The molecule has 0 aliphatic rings. The summed E-state index contributed by atoms with van der Waals surface area (Å²) in [6, 6.07) is 4.17. The number of aliphatic hydroxyl groups excluding tert-OH is 1. The van der Waals surface area contributed by atoms with Crippen LogP contribution in [-0.2, 0) is 0 Å². The third-order valence-corrected chi connectivity index (χ3v) is 1.94. The van der Waals surface area contributed by atoms with Crippen LogP contribution in [0.4, 0.5) is 4.39 Å². The molecule has 12 heavy (non-hydrogen) atoms. The first kappa shape index (κ1) is 9.49. The van der Waals surface area contributed by atoms with Gasteiger partial charge in [-0.3, -0.25) is 0 Å². The SMILES string of the molecule is CC[C@@H](O)c1cc(Cl)ccc1F. The van der Waals surface area contributed by atoms with Gasteiger partial charge >= 0.3 is 0 Å². The van der Waals surface area contributed by atoms with Crippen LogP contribution in [0.3, 0.4) is 0 Å². The summed E-state index contributed by atoms with van der Waals surface area (Å²) in [7, 11) is 0. The van der Waals surface area contributed by atoms with Crippen LogP contribution in [0.5, 0.6) is 0 Å². The van der Waals surface area contributed by atoms with Gasteiger partial charge in [-0.25, -0.2) is 4.39 Å². The molecule has 1 nitrogen and oxygen atoms in total. The van der Waals surface area contributed by atoms with E-state index in [1.165, 1.54) is 18.2 Å². The standard InChI is InChI=1S/C9H10ClFO/c1-2-9(12)7-5-6(10)3-4-8(7)11/h3-5,9,12H,2H2,1H3/t9-/m1/s1. The van der Waals surface area contributed by atoms with Crippen LogP contribution in [0, 0.1) is 5.82 Å². The Balaban J connectivity index is 3.04. The first-order valence-corrected chi connectivity index (χ1v) is 4.16. The third kappa shape index (κ3) is 1.96. The van der Waals surface area contributed by atoms with Crippen molar-refractivity contribution in [2.45, 2.75) is 19.4 Å². The van der Waals surface area contributed by atoms with Crippen molar-refractivity contribution in [2.24, 2.45) is 0 Å². The predicted octanol–water partition coefficient (Wildman–Crippen LogP) is 2.92. The quantitative estimate of drug-likeness (QED) is 0.757. The highest BCUT2D eigenvalue weighted by Gasteiger charge is 2.10. The van der Waals surface area contributed by atoms with Crippen LogP contribution in [0.1, 0.15) is 25.0 Å². The fourth-order valence-corrected chi connectivity index (χ4v) is 1.17. The predicted molar refractivity (Wildman–Crippen MR) is 46.7 cm³/mol. The summed E-state index contributed by atoms with van der Waals surface area (Å²) in [5.74, 6) is -0.409. The zero-order valence-electron chi connectivity index (χ0n) is 6.72. The van der Waals surface area contributed by atoms with Gasteiger partial charge in [-0.05, 0) is 24.6 Å². The van der Waals surface area contributed by atoms with Crippen molar-refractivity contribution in [3.8, 4) is 0 Å². The van der Waals surface area contributed by atoms with E-state index < -0.39 is 11.9 Å². The van der Waals surface area contributed by atoms with E-state index in [2.05, 4.69) is 0 Å². The van der Waals surface area contributed by atoms with Crippen molar-refractivity contribution in [1.29, 1.82) is 0 Å². The van der Waals surface area contributed by atoms with Crippen LogP contribution in [0.2, 0.25) is 5.02 Å². The number of hydrogen-bond acceptors (Lipinski definition) is 1. The van der Waals surface area contributed by atoms with E-state index in [1.807, 2.05) is 0 Å². The molecule has 1 aromatic carbocycles. The Hall–Kier alpha value is -0.600. The molecule has 0 bridgehead atoms. The average molecular weight is 189 g/mol. The van der Waals surface area contributed by atoms with Gasteiger partial charge in [0.2, 0.25) is 0 Å². The Morgan fingerprint density at radius 2 is 2.25 bits per heavy atom. The van der Waals surface area contributed by atoms with Crippen LogP contribution in [0.15, 0.2) is 18.2 Å². The van der Waals surface area contributed by atoms with Crippen LogP contribution < -0.4 is 0 Å². The molecular formula is C9H10ClFO. The molecular weight excluding hydrogens is 179 g/mol. The zero-order valence-corrected chi connectivity index (χ0v) is 7.48. The van der Waals surface area contributed by atoms with E-state index in [9.17, 15) is 9.50 Å². The highest BCUT2D eigenvalue weighted by Crippen LogP contribution is 2.22. The molecule has 0 aliphatic carbocycles. The third-order valence-electron chi connectivity index (χ3n) is 1.70. The number of benzene rings is 1. The molecule has 3 heteroatoms. The Labute approximate surface area is 75.8 Å². The molecule has 1 N–H and O–H groups in total. The van der Waals surface area contributed by atoms with Crippen molar-refractivity contribution in [3.63, 3.8) is 0 Å². The summed E-state index contributed by atoms with van der Waals surface area (Å²) in [4.78, 5) is 0. The molecule has 1 atom stereocenters. The largest absolute Gasteiger partial charge is 0.388 e. The summed E-state index contributed by atoms with van der Waals surface area (Å²) in [5, 5.41) is 9.78. The molecule has 0 saturated heterocycles. The average Bonchev–Trinajstić information content (AvgIpc) is 2.08. The second kappa shape index (κ2) is 3.87. The second-order valence-corrected chi connectivity index (χ2v) is 3.03. The molecule has 1 aromatic rings. The van der Waals surface area contributed by atoms with Crippen molar-refractivity contribution < 1.29 is 9.50 Å². The van der Waals surface area contributed by atoms with Crippen LogP contribution in [-0.4, -0.2) is 5.11 Å². The van der Waals surface area contributed by atoms with Crippen molar-refractivity contribution in [1.82, 2.24) is 0 Å². The Kier molecular flexibility index (Phi) is 3.06. The first-order valence-electron chi connectivity index (χ1n) is 3.78. The minimum atomic E-state index is -0.760. The summed E-state index contributed by atoms with van der Waals surface area (Å²) >= 11 is 5.64. The van der Waals surface area contributed by atoms with Crippen LogP contribution in [0.25, 0.3) is 0 Å². The van der Waals surface area contributed by atoms with E-state index in [-0.39, 0.29) is 5.56 Å². The molecule has 0 unspecified atom stereocenters. The van der Waals surface area contributed by atoms with Gasteiger partial charge in [-0.2, -0.15) is 0 Å². The molecule has 0 radical (unpaired) electrons. The van der Waals surface area contributed by atoms with Gasteiger partial charge in [0.25, 0.3) is 0 Å². The van der Waals surface area contributed by atoms with Gasteiger partial charge in [0.15, 0.2) is 0 Å². The second-order valence-electron chi connectivity index (χ2n) is 2.59. The van der Waals surface area contributed by atoms with E-state index in [1.54, 1.807) is 6.92 Å². The zero-order chi connectivity index (χ0) is 9.14. The Bertz CT molecular complexity index is 275. The molecule has 0 spiro atoms. The maximum Gasteiger partial charge on any atom is 0.129 e.